The summed E-state index contributed by atoms with van der Waals surface area (Å²) < 4.78 is 3.12. The smallest absolute Gasteiger partial charge is 0.0110 e. The number of hydrogen-bond donors (Lipinski definition) is 0. The Balaban J connectivity index is 2.26. The predicted molar refractivity (Wildman–Crippen MR) is 62.9 cm³/mol. The van der Waals surface area contributed by atoms with Crippen LogP contribution < -0.4 is 0 Å². The Hall–Kier alpha value is 1.20. The lowest BCUT2D eigenvalue weighted by Gasteiger charge is -2.22. The molecule has 0 unspecified atom stereocenters. The van der Waals surface area contributed by atoms with Gasteiger partial charge in [-0.1, -0.05) is 51.3 Å². The van der Waals surface area contributed by atoms with Gasteiger partial charge in [0.15, 0.2) is 0 Å². The van der Waals surface area contributed by atoms with Crippen LogP contribution in [-0.2, 0) is 0 Å². The second-order valence-electron chi connectivity index (χ2n) is 2.83. The van der Waals surface area contributed by atoms with E-state index in [0.29, 0.717) is 0 Å². The van der Waals surface area contributed by atoms with E-state index in [2.05, 4.69) is 55.3 Å². The molecule has 1 saturated carbocycles. The van der Waals surface area contributed by atoms with Gasteiger partial charge in [-0.2, -0.15) is 0 Å². The molecule has 10 heavy (non-hydrogen) atoms. The van der Waals surface area contributed by atoms with E-state index in [4.69, 9.17) is 0 Å². The zero-order valence-electron chi connectivity index (χ0n) is 5.89. The Morgan fingerprint density at radius 3 is 2.20 bits per heavy atom. The molecule has 2 heteroatoms. The van der Waals surface area contributed by atoms with E-state index in [1.165, 1.54) is 25.7 Å². The number of hydrogen-bond acceptors (Lipinski definition) is 0. The van der Waals surface area contributed by atoms with E-state index < -0.39 is 0 Å². The summed E-state index contributed by atoms with van der Waals surface area (Å²) in [6.45, 7) is 0. The van der Waals surface area contributed by atoms with Gasteiger partial charge in [0.1, 0.15) is 0 Å². The number of halogens is 2. The van der Waals surface area contributed by atoms with Gasteiger partial charge < -0.3 is 0 Å². The Bertz CT molecular complexity index is 112. The summed E-state index contributed by atoms with van der Waals surface area (Å²) in [4.78, 5) is 0. The summed E-state index contributed by atoms with van der Waals surface area (Å²) in [7, 11) is 0. The van der Waals surface area contributed by atoms with Crippen molar-refractivity contribution in [3.8, 4) is 0 Å². The molecule has 1 aliphatic rings. The topological polar surface area (TPSA) is 0 Å². The van der Waals surface area contributed by atoms with E-state index in [1.807, 2.05) is 0 Å². The Morgan fingerprint density at radius 2 is 1.70 bits per heavy atom. The molecular weight excluding hydrogens is 350 g/mol. The van der Waals surface area contributed by atoms with Gasteiger partial charge in [0, 0.05) is 3.92 Å². The standard InChI is InChI=1S/C8H12I2/c9-6-5-7-1-3-8(10)4-2-7/h5-8H,1-4H2/b6-5+. The van der Waals surface area contributed by atoms with Crippen molar-refractivity contribution >= 4 is 45.2 Å². The van der Waals surface area contributed by atoms with Gasteiger partial charge >= 0.3 is 0 Å². The third-order valence-electron chi connectivity index (χ3n) is 2.05. The third-order valence-corrected chi connectivity index (χ3v) is 3.71. The van der Waals surface area contributed by atoms with Gasteiger partial charge in [-0.15, -0.1) is 0 Å². The van der Waals surface area contributed by atoms with Crippen molar-refractivity contribution in [1.29, 1.82) is 0 Å². The largest absolute Gasteiger partial charge is 0.0826 e. The van der Waals surface area contributed by atoms with Crippen LogP contribution in [0.2, 0.25) is 0 Å². The number of allylic oxidation sites excluding steroid dienone is 1. The number of alkyl halides is 1. The van der Waals surface area contributed by atoms with Crippen molar-refractivity contribution in [2.24, 2.45) is 5.92 Å². The fourth-order valence-corrected chi connectivity index (χ4v) is 2.68. The molecule has 0 bridgehead atoms. The van der Waals surface area contributed by atoms with Gasteiger partial charge in [-0.3, -0.25) is 0 Å². The predicted octanol–water partition coefficient (Wildman–Crippen LogP) is 3.93. The molecule has 0 aliphatic heterocycles. The van der Waals surface area contributed by atoms with E-state index in [-0.39, 0.29) is 0 Å². The zero-order chi connectivity index (χ0) is 7.40. The average Bonchev–Trinajstić information content (AvgIpc) is 1.95. The van der Waals surface area contributed by atoms with Crippen LogP contribution in [0, 0.1) is 5.92 Å². The summed E-state index contributed by atoms with van der Waals surface area (Å²) in [5.74, 6) is 0.892. The fourth-order valence-electron chi connectivity index (χ4n) is 1.37. The molecule has 0 radical (unpaired) electrons. The van der Waals surface area contributed by atoms with Crippen LogP contribution in [-0.4, -0.2) is 3.92 Å². The first-order valence-corrected chi connectivity index (χ1v) is 6.23. The van der Waals surface area contributed by atoms with Crippen molar-refractivity contribution in [3.05, 3.63) is 10.2 Å². The van der Waals surface area contributed by atoms with Crippen molar-refractivity contribution in [2.75, 3.05) is 0 Å². The third kappa shape index (κ3) is 3.07. The molecule has 1 fully saturated rings. The summed E-state index contributed by atoms with van der Waals surface area (Å²) in [5, 5.41) is 0. The molecule has 0 spiro atoms. The second-order valence-corrected chi connectivity index (χ2v) is 5.31. The van der Waals surface area contributed by atoms with Crippen LogP contribution >= 0.6 is 45.2 Å². The van der Waals surface area contributed by atoms with Crippen LogP contribution in [0.5, 0.6) is 0 Å². The first-order valence-electron chi connectivity index (χ1n) is 3.74. The van der Waals surface area contributed by atoms with Crippen LogP contribution in [0.4, 0.5) is 0 Å². The summed E-state index contributed by atoms with van der Waals surface area (Å²) in [5.41, 5.74) is 0. The molecule has 0 N–H and O–H groups in total. The van der Waals surface area contributed by atoms with Gasteiger partial charge in [0.2, 0.25) is 0 Å². The quantitative estimate of drug-likeness (QED) is 0.490. The first-order chi connectivity index (χ1) is 4.83. The SMILES string of the molecule is I/C=C/C1CCC(I)CC1. The highest BCUT2D eigenvalue weighted by Gasteiger charge is 2.16. The molecule has 0 amide bonds. The highest BCUT2D eigenvalue weighted by Crippen LogP contribution is 2.29. The molecule has 0 aromatic carbocycles. The lowest BCUT2D eigenvalue weighted by molar-refractivity contribution is 0.437. The molecule has 0 aromatic heterocycles. The number of rotatable bonds is 1. The summed E-state index contributed by atoms with van der Waals surface area (Å²) in [6, 6.07) is 0. The van der Waals surface area contributed by atoms with Crippen LogP contribution in [0.25, 0.3) is 0 Å². The molecule has 1 rings (SSSR count). The molecule has 1 aliphatic carbocycles. The molecule has 0 heterocycles. The van der Waals surface area contributed by atoms with E-state index >= 15 is 0 Å². The molecule has 58 valence electrons. The molecule has 0 saturated heterocycles. The zero-order valence-corrected chi connectivity index (χ0v) is 10.2. The van der Waals surface area contributed by atoms with Crippen LogP contribution in [0.15, 0.2) is 10.2 Å². The van der Waals surface area contributed by atoms with E-state index in [9.17, 15) is 0 Å². The summed E-state index contributed by atoms with van der Waals surface area (Å²) >= 11 is 4.88. The minimum absolute atomic E-state index is 0.892. The fraction of sp³-hybridized carbons (Fsp3) is 0.750. The van der Waals surface area contributed by atoms with Crippen LogP contribution in [0.3, 0.4) is 0 Å². The maximum absolute atomic E-state index is 2.57. The average molecular weight is 362 g/mol. The normalized spacial score (nSPS) is 35.0. The minimum atomic E-state index is 0.892. The van der Waals surface area contributed by atoms with Gasteiger partial charge in [0.25, 0.3) is 0 Å². The van der Waals surface area contributed by atoms with Crippen molar-refractivity contribution in [1.82, 2.24) is 0 Å². The van der Waals surface area contributed by atoms with Gasteiger partial charge in [0.05, 0.1) is 0 Å². The van der Waals surface area contributed by atoms with Crippen molar-refractivity contribution < 1.29 is 0 Å². The van der Waals surface area contributed by atoms with Gasteiger partial charge in [-0.05, 0) is 35.7 Å². The molecule has 0 nitrogen and oxygen atoms in total. The van der Waals surface area contributed by atoms with Crippen molar-refractivity contribution in [3.63, 3.8) is 0 Å². The minimum Gasteiger partial charge on any atom is -0.0826 e. The lowest BCUT2D eigenvalue weighted by Crippen LogP contribution is -2.11. The molecular formula is C8H12I2. The maximum Gasteiger partial charge on any atom is 0.0110 e. The van der Waals surface area contributed by atoms with Gasteiger partial charge in [-0.25, -0.2) is 0 Å². The Kier molecular flexibility index (Phi) is 4.60. The highest BCUT2D eigenvalue weighted by molar-refractivity contribution is 14.1. The van der Waals surface area contributed by atoms with Crippen molar-refractivity contribution in [2.45, 2.75) is 29.6 Å². The van der Waals surface area contributed by atoms with Crippen LogP contribution in [0.1, 0.15) is 25.7 Å². The Morgan fingerprint density at radius 1 is 1.10 bits per heavy atom. The Labute approximate surface area is 90.1 Å². The first kappa shape index (κ1) is 9.29. The maximum atomic E-state index is 2.57. The monoisotopic (exact) mass is 362 g/mol. The summed E-state index contributed by atoms with van der Waals surface area (Å²) in [6.07, 6.45) is 8.02. The lowest BCUT2D eigenvalue weighted by atomic mass is 9.89. The highest BCUT2D eigenvalue weighted by atomic mass is 127. The second kappa shape index (κ2) is 4.95. The molecule has 0 aromatic rings. The van der Waals surface area contributed by atoms with E-state index in [1.54, 1.807) is 0 Å². The molecule has 0 atom stereocenters. The van der Waals surface area contributed by atoms with E-state index in [0.717, 1.165) is 9.84 Å².